The molecule has 0 aromatic carbocycles. The molecule has 0 aliphatic heterocycles. The fourth-order valence-corrected chi connectivity index (χ4v) is 2.42. The van der Waals surface area contributed by atoms with Crippen LogP contribution >= 0.6 is 0 Å². The van der Waals surface area contributed by atoms with Gasteiger partial charge in [-0.2, -0.15) is 10.5 Å². The van der Waals surface area contributed by atoms with Crippen LogP contribution in [-0.2, 0) is 4.79 Å². The molecule has 0 spiro atoms. The van der Waals surface area contributed by atoms with E-state index >= 15 is 0 Å². The molecule has 0 bridgehead atoms. The Kier molecular flexibility index (Phi) is 4.97. The summed E-state index contributed by atoms with van der Waals surface area (Å²) in [6.45, 7) is 2.91. The lowest BCUT2D eigenvalue weighted by atomic mass is 9.74. The second-order valence-electron chi connectivity index (χ2n) is 4.55. The number of hydrogen-bond acceptors (Lipinski definition) is 3. The zero-order valence-electron chi connectivity index (χ0n) is 10.4. The minimum atomic E-state index is -0.816. The zero-order chi connectivity index (χ0) is 12.7. The third-order valence-electron chi connectivity index (χ3n) is 3.49. The summed E-state index contributed by atoms with van der Waals surface area (Å²) in [6, 6.07) is 4.28. The van der Waals surface area contributed by atoms with Crippen LogP contribution in [0.25, 0.3) is 0 Å². The molecule has 1 fully saturated rings. The van der Waals surface area contributed by atoms with E-state index in [-0.39, 0.29) is 5.91 Å². The summed E-state index contributed by atoms with van der Waals surface area (Å²) in [7, 11) is 0. The first-order valence-electron chi connectivity index (χ1n) is 6.28. The Bertz CT molecular complexity index is 345. The largest absolute Gasteiger partial charge is 0.341 e. The molecule has 0 heterocycles. The van der Waals surface area contributed by atoms with Gasteiger partial charge in [0.15, 0.2) is 0 Å². The molecular weight excluding hydrogens is 214 g/mol. The van der Waals surface area contributed by atoms with Crippen LogP contribution in [0.15, 0.2) is 0 Å². The van der Waals surface area contributed by atoms with Crippen molar-refractivity contribution in [2.24, 2.45) is 5.41 Å². The van der Waals surface area contributed by atoms with E-state index in [2.05, 4.69) is 6.07 Å². The van der Waals surface area contributed by atoms with Gasteiger partial charge in [0.1, 0.15) is 5.41 Å². The van der Waals surface area contributed by atoms with Crippen molar-refractivity contribution in [3.63, 3.8) is 0 Å². The highest BCUT2D eigenvalue weighted by atomic mass is 16.2. The van der Waals surface area contributed by atoms with Crippen LogP contribution in [0.3, 0.4) is 0 Å². The molecule has 0 saturated heterocycles. The van der Waals surface area contributed by atoms with E-state index in [0.717, 1.165) is 19.3 Å². The van der Waals surface area contributed by atoms with Gasteiger partial charge in [-0.15, -0.1) is 0 Å². The van der Waals surface area contributed by atoms with E-state index in [1.807, 2.05) is 13.0 Å². The average Bonchev–Trinajstić information content (AvgIpc) is 2.40. The van der Waals surface area contributed by atoms with Crippen LogP contribution in [-0.4, -0.2) is 23.9 Å². The van der Waals surface area contributed by atoms with Crippen molar-refractivity contribution < 1.29 is 4.79 Å². The molecule has 92 valence electrons. The van der Waals surface area contributed by atoms with Gasteiger partial charge in [0.05, 0.1) is 18.6 Å². The quantitative estimate of drug-likeness (QED) is 0.747. The summed E-state index contributed by atoms with van der Waals surface area (Å²) >= 11 is 0. The molecule has 0 N–H and O–H groups in total. The van der Waals surface area contributed by atoms with Gasteiger partial charge in [-0.1, -0.05) is 19.3 Å². The highest BCUT2D eigenvalue weighted by molar-refractivity contribution is 5.85. The fraction of sp³-hybridized carbons (Fsp3) is 0.769. The SMILES string of the molecule is CCN(CCC#N)C(=O)C1(C#N)CCCCC1. The summed E-state index contributed by atoms with van der Waals surface area (Å²) in [5, 5.41) is 17.9. The second-order valence-corrected chi connectivity index (χ2v) is 4.55. The molecular formula is C13H19N3O. The molecule has 1 amide bonds. The van der Waals surface area contributed by atoms with Crippen molar-refractivity contribution in [3.8, 4) is 12.1 Å². The van der Waals surface area contributed by atoms with Gasteiger partial charge < -0.3 is 4.90 Å². The molecule has 1 aliphatic rings. The minimum absolute atomic E-state index is 0.0718. The Labute approximate surface area is 103 Å². The molecule has 0 unspecified atom stereocenters. The molecule has 0 aromatic rings. The van der Waals surface area contributed by atoms with E-state index in [4.69, 9.17) is 5.26 Å². The Morgan fingerprint density at radius 1 is 1.29 bits per heavy atom. The molecule has 1 saturated carbocycles. The maximum absolute atomic E-state index is 12.4. The van der Waals surface area contributed by atoms with E-state index in [1.165, 1.54) is 0 Å². The van der Waals surface area contributed by atoms with E-state index in [0.29, 0.717) is 32.4 Å². The first-order chi connectivity index (χ1) is 8.20. The summed E-state index contributed by atoms with van der Waals surface area (Å²) in [4.78, 5) is 14.0. The van der Waals surface area contributed by atoms with Gasteiger partial charge in [-0.25, -0.2) is 0 Å². The molecule has 0 aromatic heterocycles. The normalized spacial score (nSPS) is 17.8. The first kappa shape index (κ1) is 13.5. The predicted octanol–water partition coefficient (Wildman–Crippen LogP) is 2.22. The molecule has 0 radical (unpaired) electrons. The highest BCUT2D eigenvalue weighted by Crippen LogP contribution is 2.37. The number of hydrogen-bond donors (Lipinski definition) is 0. The van der Waals surface area contributed by atoms with Crippen LogP contribution in [0, 0.1) is 28.1 Å². The van der Waals surface area contributed by atoms with Crippen LogP contribution in [0.5, 0.6) is 0 Å². The topological polar surface area (TPSA) is 67.9 Å². The fourth-order valence-electron chi connectivity index (χ4n) is 2.42. The number of amides is 1. The monoisotopic (exact) mass is 233 g/mol. The van der Waals surface area contributed by atoms with Crippen molar-refractivity contribution in [2.45, 2.75) is 45.4 Å². The van der Waals surface area contributed by atoms with Gasteiger partial charge in [-0.05, 0) is 19.8 Å². The van der Waals surface area contributed by atoms with Crippen LogP contribution < -0.4 is 0 Å². The lowest BCUT2D eigenvalue weighted by Gasteiger charge is -2.34. The molecule has 1 rings (SSSR count). The van der Waals surface area contributed by atoms with Crippen molar-refractivity contribution in [2.75, 3.05) is 13.1 Å². The average molecular weight is 233 g/mol. The molecule has 0 atom stereocenters. The lowest BCUT2D eigenvalue weighted by Crippen LogP contribution is -2.44. The predicted molar refractivity (Wildman–Crippen MR) is 63.6 cm³/mol. The number of nitriles is 2. The van der Waals surface area contributed by atoms with Crippen molar-refractivity contribution in [3.05, 3.63) is 0 Å². The van der Waals surface area contributed by atoms with E-state index < -0.39 is 5.41 Å². The van der Waals surface area contributed by atoms with E-state index in [1.54, 1.807) is 4.90 Å². The molecule has 4 nitrogen and oxygen atoms in total. The number of rotatable bonds is 4. The second kappa shape index (κ2) is 6.25. The third kappa shape index (κ3) is 2.97. The van der Waals surface area contributed by atoms with Crippen molar-refractivity contribution >= 4 is 5.91 Å². The van der Waals surface area contributed by atoms with Crippen LogP contribution in [0.1, 0.15) is 45.4 Å². The van der Waals surface area contributed by atoms with Gasteiger partial charge in [0.25, 0.3) is 0 Å². The van der Waals surface area contributed by atoms with Gasteiger partial charge in [0, 0.05) is 13.1 Å². The molecule has 1 aliphatic carbocycles. The Balaban J connectivity index is 2.77. The summed E-state index contributed by atoms with van der Waals surface area (Å²) in [5.74, 6) is -0.0718. The van der Waals surface area contributed by atoms with Crippen LogP contribution in [0.4, 0.5) is 0 Å². The molecule has 17 heavy (non-hydrogen) atoms. The summed E-state index contributed by atoms with van der Waals surface area (Å²) in [5.41, 5.74) is -0.816. The Hall–Kier alpha value is -1.55. The van der Waals surface area contributed by atoms with Crippen molar-refractivity contribution in [1.82, 2.24) is 4.90 Å². The zero-order valence-corrected chi connectivity index (χ0v) is 10.4. The number of carbonyl (C=O) groups excluding carboxylic acids is 1. The summed E-state index contributed by atoms with van der Waals surface area (Å²) in [6.07, 6.45) is 4.70. The maximum atomic E-state index is 12.4. The standard InChI is InChI=1S/C13H19N3O/c1-2-16(10-6-9-14)12(17)13(11-15)7-4-3-5-8-13/h2-8,10H2,1H3. The smallest absolute Gasteiger partial charge is 0.243 e. The Morgan fingerprint density at radius 2 is 1.94 bits per heavy atom. The maximum Gasteiger partial charge on any atom is 0.243 e. The summed E-state index contributed by atoms with van der Waals surface area (Å²) < 4.78 is 0. The number of carbonyl (C=O) groups is 1. The Morgan fingerprint density at radius 3 is 2.41 bits per heavy atom. The third-order valence-corrected chi connectivity index (χ3v) is 3.49. The lowest BCUT2D eigenvalue weighted by molar-refractivity contribution is -0.140. The number of nitrogens with zero attached hydrogens (tertiary/aromatic N) is 3. The van der Waals surface area contributed by atoms with Gasteiger partial charge >= 0.3 is 0 Å². The van der Waals surface area contributed by atoms with Crippen LogP contribution in [0.2, 0.25) is 0 Å². The minimum Gasteiger partial charge on any atom is -0.341 e. The van der Waals surface area contributed by atoms with E-state index in [9.17, 15) is 10.1 Å². The highest BCUT2D eigenvalue weighted by Gasteiger charge is 2.41. The van der Waals surface area contributed by atoms with Gasteiger partial charge in [0.2, 0.25) is 5.91 Å². The van der Waals surface area contributed by atoms with Crippen molar-refractivity contribution in [1.29, 1.82) is 10.5 Å². The first-order valence-corrected chi connectivity index (χ1v) is 6.28. The van der Waals surface area contributed by atoms with Gasteiger partial charge in [-0.3, -0.25) is 4.79 Å². The molecule has 4 heteroatoms.